The number of amides is 1. The topological polar surface area (TPSA) is 80.5 Å². The molecule has 0 bridgehead atoms. The third kappa shape index (κ3) is 3.25. The van der Waals surface area contributed by atoms with Crippen LogP contribution in [0.15, 0.2) is 0 Å². The lowest BCUT2D eigenvalue weighted by Gasteiger charge is -2.20. The lowest BCUT2D eigenvalue weighted by atomic mass is 10.3. The van der Waals surface area contributed by atoms with Gasteiger partial charge in [0.15, 0.2) is 16.6 Å². The fraction of sp³-hybridized carbons (Fsp3) is 0.636. The number of nitrogens with zero attached hydrogens (tertiary/aromatic N) is 2. The number of aromatic nitrogens is 1. The van der Waals surface area contributed by atoms with Gasteiger partial charge in [0.1, 0.15) is 6.04 Å². The van der Waals surface area contributed by atoms with Crippen LogP contribution in [0.25, 0.3) is 0 Å². The van der Waals surface area contributed by atoms with E-state index >= 15 is 0 Å². The molecule has 1 rings (SSSR count). The van der Waals surface area contributed by atoms with Crippen LogP contribution in [-0.4, -0.2) is 41.4 Å². The maximum absolute atomic E-state index is 11.9. The molecule has 6 nitrogen and oxygen atoms in total. The molecule has 1 amide bonds. The maximum atomic E-state index is 11.9. The maximum Gasteiger partial charge on any atom is 0.244 e. The van der Waals surface area contributed by atoms with E-state index < -0.39 is 0 Å². The Morgan fingerprint density at radius 3 is 2.83 bits per heavy atom. The summed E-state index contributed by atoms with van der Waals surface area (Å²) >= 11 is 1.20. The van der Waals surface area contributed by atoms with E-state index in [-0.39, 0.29) is 11.9 Å². The number of anilines is 2. The Hall–Kier alpha value is -1.50. The van der Waals surface area contributed by atoms with Gasteiger partial charge in [0.2, 0.25) is 5.91 Å². The smallest absolute Gasteiger partial charge is 0.244 e. The fourth-order valence-corrected chi connectivity index (χ4v) is 2.16. The minimum Gasteiger partial charge on any atom is -0.487 e. The van der Waals surface area contributed by atoms with Crippen molar-refractivity contribution >= 4 is 28.3 Å². The lowest BCUT2D eigenvalue weighted by molar-refractivity contribution is -0.130. The molecule has 0 aliphatic rings. The highest BCUT2D eigenvalue weighted by atomic mass is 32.1. The number of carbonyl (C=O) groups excluding carboxylic acids is 1. The molecule has 0 spiro atoms. The molecule has 1 heterocycles. The Morgan fingerprint density at radius 2 is 2.28 bits per heavy atom. The van der Waals surface area contributed by atoms with E-state index in [0.717, 1.165) is 0 Å². The number of rotatable bonds is 6. The second-order valence-corrected chi connectivity index (χ2v) is 4.65. The highest BCUT2D eigenvalue weighted by molar-refractivity contribution is 7.11. The van der Waals surface area contributed by atoms with E-state index in [2.05, 4.69) is 9.69 Å². The molecule has 7 heteroatoms. The summed E-state index contributed by atoms with van der Waals surface area (Å²) < 4.78 is 9.43. The van der Waals surface area contributed by atoms with Gasteiger partial charge >= 0.3 is 0 Å². The standard InChI is InChI=1S/C11H20N4O2S/c1-5-15(4)11(16)7(3)13-10-8(17-6-2)9(12)14-18-10/h7,13H,5-6H2,1-4H3,(H2,12,14). The SMILES string of the molecule is CCOc1c(N)nsc1NC(C)C(=O)N(C)CC. The van der Waals surface area contributed by atoms with Gasteiger partial charge in [-0.1, -0.05) is 0 Å². The number of likely N-dealkylation sites (N-methyl/N-ethyl adjacent to an activating group) is 1. The van der Waals surface area contributed by atoms with Crippen LogP contribution in [0.5, 0.6) is 5.75 Å². The number of nitrogens with one attached hydrogen (secondary N) is 1. The number of hydrogen-bond donors (Lipinski definition) is 2. The van der Waals surface area contributed by atoms with Crippen molar-refractivity contribution in [3.8, 4) is 5.75 Å². The van der Waals surface area contributed by atoms with Crippen LogP contribution in [0.1, 0.15) is 20.8 Å². The van der Waals surface area contributed by atoms with Crippen molar-refractivity contribution < 1.29 is 9.53 Å². The van der Waals surface area contributed by atoms with Gasteiger partial charge in [0, 0.05) is 13.6 Å². The van der Waals surface area contributed by atoms with Gasteiger partial charge in [-0.15, -0.1) is 0 Å². The van der Waals surface area contributed by atoms with Crippen molar-refractivity contribution in [2.75, 3.05) is 31.2 Å². The van der Waals surface area contributed by atoms with Crippen molar-refractivity contribution in [3.05, 3.63) is 0 Å². The summed E-state index contributed by atoms with van der Waals surface area (Å²) in [7, 11) is 1.77. The predicted molar refractivity (Wildman–Crippen MR) is 74.1 cm³/mol. The lowest BCUT2D eigenvalue weighted by Crippen LogP contribution is -2.38. The zero-order chi connectivity index (χ0) is 13.7. The van der Waals surface area contributed by atoms with E-state index in [1.54, 1.807) is 18.9 Å². The Kier molecular flexibility index (Phi) is 5.21. The highest BCUT2D eigenvalue weighted by Crippen LogP contribution is 2.35. The number of ether oxygens (including phenoxy) is 1. The summed E-state index contributed by atoms with van der Waals surface area (Å²) in [5.74, 6) is 0.904. The quantitative estimate of drug-likeness (QED) is 0.818. The van der Waals surface area contributed by atoms with Gasteiger partial charge in [0.05, 0.1) is 6.61 Å². The largest absolute Gasteiger partial charge is 0.487 e. The normalized spacial score (nSPS) is 12.0. The van der Waals surface area contributed by atoms with Gasteiger partial charge in [-0.3, -0.25) is 4.79 Å². The molecule has 1 atom stereocenters. The van der Waals surface area contributed by atoms with Crippen molar-refractivity contribution in [1.82, 2.24) is 9.27 Å². The first kappa shape index (κ1) is 14.6. The molecule has 0 fully saturated rings. The molecule has 1 unspecified atom stereocenters. The first-order valence-electron chi connectivity index (χ1n) is 5.90. The zero-order valence-electron chi connectivity index (χ0n) is 11.2. The van der Waals surface area contributed by atoms with Gasteiger partial charge in [-0.25, -0.2) is 0 Å². The average Bonchev–Trinajstić information content (AvgIpc) is 2.70. The number of nitrogen functional groups attached to an aromatic ring is 1. The van der Waals surface area contributed by atoms with Crippen LogP contribution < -0.4 is 15.8 Å². The monoisotopic (exact) mass is 272 g/mol. The van der Waals surface area contributed by atoms with Gasteiger partial charge in [-0.2, -0.15) is 4.37 Å². The number of nitrogens with two attached hydrogens (primary N) is 1. The Bertz CT molecular complexity index is 408. The molecule has 1 aromatic rings. The Morgan fingerprint density at radius 1 is 1.61 bits per heavy atom. The van der Waals surface area contributed by atoms with E-state index in [1.165, 1.54) is 11.5 Å². The van der Waals surface area contributed by atoms with Gasteiger partial charge < -0.3 is 20.7 Å². The molecule has 18 heavy (non-hydrogen) atoms. The van der Waals surface area contributed by atoms with Crippen LogP contribution in [0.4, 0.5) is 10.8 Å². The van der Waals surface area contributed by atoms with Crippen LogP contribution in [0, 0.1) is 0 Å². The third-order valence-electron chi connectivity index (χ3n) is 2.53. The van der Waals surface area contributed by atoms with E-state index in [0.29, 0.717) is 29.7 Å². The van der Waals surface area contributed by atoms with Gasteiger partial charge in [0.25, 0.3) is 0 Å². The van der Waals surface area contributed by atoms with Crippen molar-refractivity contribution in [3.63, 3.8) is 0 Å². The van der Waals surface area contributed by atoms with Crippen molar-refractivity contribution in [2.45, 2.75) is 26.8 Å². The molecule has 0 aliphatic carbocycles. The molecule has 102 valence electrons. The minimum atomic E-state index is -0.339. The molecule has 1 aromatic heterocycles. The van der Waals surface area contributed by atoms with E-state index in [1.807, 2.05) is 13.8 Å². The Balaban J connectivity index is 2.75. The number of hydrogen-bond acceptors (Lipinski definition) is 6. The first-order chi connectivity index (χ1) is 8.51. The van der Waals surface area contributed by atoms with E-state index in [4.69, 9.17) is 10.5 Å². The summed E-state index contributed by atoms with van der Waals surface area (Å²) in [6, 6.07) is -0.339. The molecule has 0 saturated carbocycles. The predicted octanol–water partition coefficient (Wildman–Crippen LogP) is 1.40. The second kappa shape index (κ2) is 6.44. The second-order valence-electron chi connectivity index (χ2n) is 3.88. The Labute approximate surface area is 111 Å². The first-order valence-corrected chi connectivity index (χ1v) is 6.68. The fourth-order valence-electron chi connectivity index (χ4n) is 1.41. The summed E-state index contributed by atoms with van der Waals surface area (Å²) in [4.78, 5) is 13.6. The summed E-state index contributed by atoms with van der Waals surface area (Å²) in [5.41, 5.74) is 5.70. The number of carbonyl (C=O) groups is 1. The molecule has 0 aliphatic heterocycles. The minimum absolute atomic E-state index is 0.0203. The van der Waals surface area contributed by atoms with Crippen LogP contribution >= 0.6 is 11.5 Å². The molecular formula is C11H20N4O2S. The van der Waals surface area contributed by atoms with Crippen LogP contribution in [0.2, 0.25) is 0 Å². The van der Waals surface area contributed by atoms with Crippen LogP contribution in [0.3, 0.4) is 0 Å². The van der Waals surface area contributed by atoms with Crippen molar-refractivity contribution in [1.29, 1.82) is 0 Å². The zero-order valence-corrected chi connectivity index (χ0v) is 12.0. The average molecular weight is 272 g/mol. The summed E-state index contributed by atoms with van der Waals surface area (Å²) in [5, 5.41) is 3.79. The highest BCUT2D eigenvalue weighted by Gasteiger charge is 2.20. The summed E-state index contributed by atoms with van der Waals surface area (Å²) in [6.45, 7) is 6.80. The molecular weight excluding hydrogens is 252 g/mol. The van der Waals surface area contributed by atoms with E-state index in [9.17, 15) is 4.79 Å². The molecule has 3 N–H and O–H groups in total. The molecule has 0 saturated heterocycles. The molecule has 0 aromatic carbocycles. The summed E-state index contributed by atoms with van der Waals surface area (Å²) in [6.07, 6.45) is 0. The van der Waals surface area contributed by atoms with Crippen LogP contribution in [-0.2, 0) is 4.79 Å². The molecule has 0 radical (unpaired) electrons. The third-order valence-corrected chi connectivity index (χ3v) is 3.31. The van der Waals surface area contributed by atoms with Crippen molar-refractivity contribution in [2.24, 2.45) is 0 Å². The van der Waals surface area contributed by atoms with Gasteiger partial charge in [-0.05, 0) is 32.3 Å².